The minimum absolute atomic E-state index is 0.00653. The van der Waals surface area contributed by atoms with Crippen LogP contribution in [0.25, 0.3) is 0 Å². The van der Waals surface area contributed by atoms with Gasteiger partial charge in [0.1, 0.15) is 0 Å². The third-order valence-corrected chi connectivity index (χ3v) is 5.28. The summed E-state index contributed by atoms with van der Waals surface area (Å²) in [5, 5.41) is 10.4. The molecule has 7 heteroatoms. The fourth-order valence-electron chi connectivity index (χ4n) is 2.21. The molecule has 0 bridgehead atoms. The van der Waals surface area contributed by atoms with Crippen LogP contribution in [-0.4, -0.2) is 44.5 Å². The Balaban J connectivity index is 2.44. The molecule has 20 heavy (non-hydrogen) atoms. The van der Waals surface area contributed by atoms with Gasteiger partial charge < -0.3 is 9.84 Å². The summed E-state index contributed by atoms with van der Waals surface area (Å²) in [6.45, 7) is 4.30. The molecular weight excluding hydrogens is 282 g/mol. The van der Waals surface area contributed by atoms with E-state index < -0.39 is 21.6 Å². The van der Waals surface area contributed by atoms with Crippen LogP contribution in [0.3, 0.4) is 0 Å². The lowest BCUT2D eigenvalue weighted by atomic mass is 9.71. The maximum absolute atomic E-state index is 11.7. The Hall–Kier alpha value is -0.660. The Morgan fingerprint density at radius 2 is 1.80 bits per heavy atom. The topological polar surface area (TPSA) is 92.7 Å². The fraction of sp³-hybridized carbons (Fsp3) is 0.923. The number of aliphatic hydroxyl groups is 1. The number of sulfonamides is 1. The lowest BCUT2D eigenvalue weighted by Crippen LogP contribution is -2.47. The standard InChI is InChI=1S/C13H25NO5S/c1-12(2)5-7-13(16,8-6-12)10-14-20(17,18)9-4-11(15)19-3/h14,16H,4-10H2,1-3H3. The van der Waals surface area contributed by atoms with Gasteiger partial charge in [0.25, 0.3) is 0 Å². The molecule has 1 fully saturated rings. The molecule has 0 amide bonds. The number of nitrogens with one attached hydrogen (secondary N) is 1. The molecule has 0 aliphatic heterocycles. The number of rotatable bonds is 6. The number of ether oxygens (including phenoxy) is 1. The number of hydrogen-bond donors (Lipinski definition) is 2. The summed E-state index contributed by atoms with van der Waals surface area (Å²) in [6.07, 6.45) is 2.72. The Morgan fingerprint density at radius 1 is 1.25 bits per heavy atom. The zero-order valence-electron chi connectivity index (χ0n) is 12.4. The molecule has 0 heterocycles. The lowest BCUT2D eigenvalue weighted by molar-refractivity contribution is -0.140. The van der Waals surface area contributed by atoms with E-state index in [0.717, 1.165) is 12.8 Å². The molecule has 1 rings (SSSR count). The fourth-order valence-corrected chi connectivity index (χ4v) is 3.27. The van der Waals surface area contributed by atoms with Gasteiger partial charge >= 0.3 is 5.97 Å². The summed E-state index contributed by atoms with van der Waals surface area (Å²) < 4.78 is 30.3. The van der Waals surface area contributed by atoms with E-state index in [-0.39, 0.29) is 24.1 Å². The van der Waals surface area contributed by atoms with Crippen molar-refractivity contribution < 1.29 is 23.1 Å². The van der Waals surface area contributed by atoms with Gasteiger partial charge in [-0.15, -0.1) is 0 Å². The molecule has 0 aromatic heterocycles. The largest absolute Gasteiger partial charge is 0.469 e. The van der Waals surface area contributed by atoms with Crippen LogP contribution in [0.5, 0.6) is 0 Å². The number of carbonyl (C=O) groups is 1. The van der Waals surface area contributed by atoms with Crippen LogP contribution in [0.1, 0.15) is 46.0 Å². The first-order chi connectivity index (χ1) is 9.08. The van der Waals surface area contributed by atoms with Crippen molar-refractivity contribution in [3.8, 4) is 0 Å². The first-order valence-corrected chi connectivity index (χ1v) is 8.49. The molecule has 0 atom stereocenters. The molecule has 0 aromatic carbocycles. The van der Waals surface area contributed by atoms with Gasteiger partial charge in [0.2, 0.25) is 10.0 Å². The predicted molar refractivity (Wildman–Crippen MR) is 75.6 cm³/mol. The molecular formula is C13H25NO5S. The molecule has 6 nitrogen and oxygen atoms in total. The second-order valence-corrected chi connectivity index (χ2v) is 8.28. The highest BCUT2D eigenvalue weighted by molar-refractivity contribution is 7.89. The lowest BCUT2D eigenvalue weighted by Gasteiger charge is -2.40. The van der Waals surface area contributed by atoms with Gasteiger partial charge in [-0.25, -0.2) is 13.1 Å². The summed E-state index contributed by atoms with van der Waals surface area (Å²) in [5.41, 5.74) is -0.774. The van der Waals surface area contributed by atoms with Crippen molar-refractivity contribution in [1.29, 1.82) is 0 Å². The van der Waals surface area contributed by atoms with Crippen LogP contribution >= 0.6 is 0 Å². The Kier molecular flexibility index (Phi) is 5.57. The Bertz CT molecular complexity index is 434. The van der Waals surface area contributed by atoms with Gasteiger partial charge in [-0.1, -0.05) is 13.8 Å². The highest BCUT2D eigenvalue weighted by Crippen LogP contribution is 2.39. The van der Waals surface area contributed by atoms with Crippen LogP contribution in [0, 0.1) is 5.41 Å². The number of methoxy groups -OCH3 is 1. The smallest absolute Gasteiger partial charge is 0.306 e. The minimum Gasteiger partial charge on any atom is -0.469 e. The number of carbonyl (C=O) groups excluding carboxylic acids is 1. The molecule has 118 valence electrons. The zero-order chi connectivity index (χ0) is 15.4. The highest BCUT2D eigenvalue weighted by Gasteiger charge is 2.37. The second kappa shape index (κ2) is 6.41. The predicted octanol–water partition coefficient (Wildman–Crippen LogP) is 0.800. The number of hydrogen-bond acceptors (Lipinski definition) is 5. The van der Waals surface area contributed by atoms with Crippen molar-refractivity contribution in [1.82, 2.24) is 4.72 Å². The highest BCUT2D eigenvalue weighted by atomic mass is 32.2. The average Bonchev–Trinajstić information content (AvgIpc) is 2.38. The quantitative estimate of drug-likeness (QED) is 0.708. The molecule has 1 aliphatic carbocycles. The Labute approximate surface area is 120 Å². The van der Waals surface area contributed by atoms with E-state index in [1.165, 1.54) is 7.11 Å². The van der Waals surface area contributed by atoms with Crippen molar-refractivity contribution in [3.05, 3.63) is 0 Å². The van der Waals surface area contributed by atoms with E-state index >= 15 is 0 Å². The molecule has 0 unspecified atom stereocenters. The summed E-state index contributed by atoms with van der Waals surface area (Å²) in [7, 11) is -2.35. The van der Waals surface area contributed by atoms with Crippen molar-refractivity contribution >= 4 is 16.0 Å². The normalized spacial score (nSPS) is 21.4. The van der Waals surface area contributed by atoms with Crippen LogP contribution in [0.4, 0.5) is 0 Å². The van der Waals surface area contributed by atoms with E-state index in [2.05, 4.69) is 23.3 Å². The van der Waals surface area contributed by atoms with E-state index in [9.17, 15) is 18.3 Å². The first-order valence-electron chi connectivity index (χ1n) is 6.84. The van der Waals surface area contributed by atoms with E-state index in [1.807, 2.05) is 0 Å². The zero-order valence-corrected chi connectivity index (χ0v) is 13.3. The van der Waals surface area contributed by atoms with Gasteiger partial charge in [0, 0.05) is 6.54 Å². The SMILES string of the molecule is COC(=O)CCS(=O)(=O)NCC1(O)CCC(C)(C)CC1. The summed E-state index contributed by atoms with van der Waals surface area (Å²) in [6, 6.07) is 0. The van der Waals surface area contributed by atoms with E-state index in [1.54, 1.807) is 0 Å². The maximum atomic E-state index is 11.7. The third kappa shape index (κ3) is 5.76. The molecule has 1 saturated carbocycles. The van der Waals surface area contributed by atoms with Crippen molar-refractivity contribution in [2.24, 2.45) is 5.41 Å². The van der Waals surface area contributed by atoms with E-state index in [0.29, 0.717) is 12.8 Å². The maximum Gasteiger partial charge on any atom is 0.306 e. The molecule has 2 N–H and O–H groups in total. The molecule has 0 aromatic rings. The van der Waals surface area contributed by atoms with Crippen LogP contribution in [0.2, 0.25) is 0 Å². The van der Waals surface area contributed by atoms with Crippen molar-refractivity contribution in [3.63, 3.8) is 0 Å². The summed E-state index contributed by atoms with van der Waals surface area (Å²) >= 11 is 0. The minimum atomic E-state index is -3.56. The van der Waals surface area contributed by atoms with Crippen molar-refractivity contribution in [2.75, 3.05) is 19.4 Å². The molecule has 0 spiro atoms. The second-order valence-electron chi connectivity index (χ2n) is 6.35. The monoisotopic (exact) mass is 307 g/mol. The van der Waals surface area contributed by atoms with Crippen LogP contribution in [0.15, 0.2) is 0 Å². The molecule has 1 aliphatic rings. The van der Waals surface area contributed by atoms with Crippen molar-refractivity contribution in [2.45, 2.75) is 51.6 Å². The average molecular weight is 307 g/mol. The number of esters is 1. The molecule has 0 saturated heterocycles. The third-order valence-electron chi connectivity index (χ3n) is 3.96. The van der Waals surface area contributed by atoms with Gasteiger partial charge in [-0.05, 0) is 31.1 Å². The van der Waals surface area contributed by atoms with Gasteiger partial charge in [-0.3, -0.25) is 4.79 Å². The van der Waals surface area contributed by atoms with Gasteiger partial charge in [-0.2, -0.15) is 0 Å². The summed E-state index contributed by atoms with van der Waals surface area (Å²) in [5.74, 6) is -0.880. The van der Waals surface area contributed by atoms with Crippen LogP contribution in [-0.2, 0) is 19.6 Å². The Morgan fingerprint density at radius 3 is 2.30 bits per heavy atom. The van der Waals surface area contributed by atoms with Gasteiger partial charge in [0.05, 0.1) is 24.9 Å². The van der Waals surface area contributed by atoms with Crippen LogP contribution < -0.4 is 4.72 Å². The molecule has 0 radical (unpaired) electrons. The van der Waals surface area contributed by atoms with E-state index in [4.69, 9.17) is 0 Å². The first kappa shape index (κ1) is 17.4. The summed E-state index contributed by atoms with van der Waals surface area (Å²) in [4.78, 5) is 10.9. The van der Waals surface area contributed by atoms with Gasteiger partial charge in [0.15, 0.2) is 0 Å².